The van der Waals surface area contributed by atoms with Gasteiger partial charge in [0.1, 0.15) is 10.9 Å². The number of amides is 1. The van der Waals surface area contributed by atoms with Crippen molar-refractivity contribution in [2.24, 2.45) is 0 Å². The third-order valence-electron chi connectivity index (χ3n) is 2.50. The molecule has 1 aromatic rings. The maximum atomic E-state index is 12.0. The Morgan fingerprint density at radius 2 is 2.11 bits per heavy atom. The number of carbonyl (C=O) groups excluding carboxylic acids is 1. The maximum absolute atomic E-state index is 12.0. The van der Waals surface area contributed by atoms with Crippen LogP contribution in [0.25, 0.3) is 0 Å². The van der Waals surface area contributed by atoms with E-state index in [9.17, 15) is 9.59 Å². The van der Waals surface area contributed by atoms with Gasteiger partial charge in [-0.15, -0.1) is 11.3 Å². The fraction of sp³-hybridized carbons (Fsp3) is 0.583. The Balaban J connectivity index is 2.92. The molecule has 0 unspecified atom stereocenters. The van der Waals surface area contributed by atoms with Crippen LogP contribution in [0, 0.1) is 0 Å². The molecule has 1 amide bonds. The molecule has 1 atom stereocenters. The number of aromatic nitrogens is 1. The highest BCUT2D eigenvalue weighted by atomic mass is 32.1. The third-order valence-corrected chi connectivity index (χ3v) is 3.32. The predicted molar refractivity (Wildman–Crippen MR) is 70.0 cm³/mol. The molecule has 0 saturated heterocycles. The standard InChI is InChI=1S/C12H18N2O3S/c1-5-7(11(16)17)14-10(15)8-9(12(2,3)4)13-6-18-8/h6-7H,5H2,1-4H3,(H,14,15)(H,16,17)/t7-/m1/s1. The summed E-state index contributed by atoms with van der Waals surface area (Å²) >= 11 is 1.23. The molecule has 0 aliphatic rings. The number of rotatable bonds is 4. The summed E-state index contributed by atoms with van der Waals surface area (Å²) in [4.78, 5) is 27.6. The number of nitrogens with one attached hydrogen (secondary N) is 1. The quantitative estimate of drug-likeness (QED) is 0.877. The van der Waals surface area contributed by atoms with Crippen LogP contribution < -0.4 is 5.32 Å². The maximum Gasteiger partial charge on any atom is 0.326 e. The van der Waals surface area contributed by atoms with E-state index in [4.69, 9.17) is 5.11 Å². The number of carboxylic acid groups (broad SMARTS) is 1. The van der Waals surface area contributed by atoms with Gasteiger partial charge in [-0.05, 0) is 6.42 Å². The summed E-state index contributed by atoms with van der Waals surface area (Å²) in [5.41, 5.74) is 2.07. The van der Waals surface area contributed by atoms with Gasteiger partial charge in [-0.1, -0.05) is 27.7 Å². The van der Waals surface area contributed by atoms with Crippen molar-refractivity contribution in [1.82, 2.24) is 10.3 Å². The Kier molecular flexibility index (Phi) is 4.45. The first-order chi connectivity index (χ1) is 8.27. The van der Waals surface area contributed by atoms with E-state index in [1.165, 1.54) is 11.3 Å². The molecule has 100 valence electrons. The van der Waals surface area contributed by atoms with E-state index in [2.05, 4.69) is 10.3 Å². The second-order valence-electron chi connectivity index (χ2n) is 5.05. The molecular formula is C12H18N2O3S. The first-order valence-electron chi connectivity index (χ1n) is 5.75. The van der Waals surface area contributed by atoms with Crippen molar-refractivity contribution < 1.29 is 14.7 Å². The lowest BCUT2D eigenvalue weighted by atomic mass is 9.91. The van der Waals surface area contributed by atoms with Crippen LogP contribution in [-0.4, -0.2) is 28.0 Å². The average molecular weight is 270 g/mol. The zero-order chi connectivity index (χ0) is 13.9. The lowest BCUT2D eigenvalue weighted by Crippen LogP contribution is -2.40. The van der Waals surface area contributed by atoms with Gasteiger partial charge in [-0.25, -0.2) is 9.78 Å². The van der Waals surface area contributed by atoms with Crippen LogP contribution in [0.4, 0.5) is 0 Å². The van der Waals surface area contributed by atoms with Crippen LogP contribution in [0.5, 0.6) is 0 Å². The SMILES string of the molecule is CC[C@@H](NC(=O)c1scnc1C(C)(C)C)C(=O)O. The number of thiazole rings is 1. The fourth-order valence-electron chi connectivity index (χ4n) is 1.50. The fourth-order valence-corrected chi connectivity index (χ4v) is 2.40. The number of hydrogen-bond acceptors (Lipinski definition) is 4. The number of aliphatic carboxylic acids is 1. The van der Waals surface area contributed by atoms with Gasteiger partial charge in [0, 0.05) is 5.41 Å². The van der Waals surface area contributed by atoms with Crippen LogP contribution >= 0.6 is 11.3 Å². The van der Waals surface area contributed by atoms with Gasteiger partial charge in [-0.2, -0.15) is 0 Å². The number of nitrogens with zero attached hydrogens (tertiary/aromatic N) is 1. The van der Waals surface area contributed by atoms with Crippen LogP contribution in [0.3, 0.4) is 0 Å². The van der Waals surface area contributed by atoms with Gasteiger partial charge in [0.2, 0.25) is 0 Å². The van der Waals surface area contributed by atoms with Gasteiger partial charge < -0.3 is 10.4 Å². The van der Waals surface area contributed by atoms with Gasteiger partial charge in [0.05, 0.1) is 11.2 Å². The van der Waals surface area contributed by atoms with Crippen LogP contribution in [0.15, 0.2) is 5.51 Å². The van der Waals surface area contributed by atoms with E-state index in [0.717, 1.165) is 0 Å². The lowest BCUT2D eigenvalue weighted by molar-refractivity contribution is -0.139. The molecule has 1 heterocycles. The van der Waals surface area contributed by atoms with Crippen molar-refractivity contribution in [3.63, 3.8) is 0 Å². The minimum atomic E-state index is -1.02. The average Bonchev–Trinajstić information content (AvgIpc) is 2.73. The Hall–Kier alpha value is -1.43. The number of hydrogen-bond donors (Lipinski definition) is 2. The van der Waals surface area contributed by atoms with Crippen LogP contribution in [0.1, 0.15) is 49.5 Å². The summed E-state index contributed by atoms with van der Waals surface area (Å²) in [5.74, 6) is -1.38. The highest BCUT2D eigenvalue weighted by Crippen LogP contribution is 2.27. The molecule has 0 aromatic carbocycles. The van der Waals surface area contributed by atoms with Crippen molar-refractivity contribution in [2.75, 3.05) is 0 Å². The van der Waals surface area contributed by atoms with Crippen molar-refractivity contribution in [3.8, 4) is 0 Å². The van der Waals surface area contributed by atoms with E-state index >= 15 is 0 Å². The Morgan fingerprint density at radius 3 is 2.56 bits per heavy atom. The summed E-state index contributed by atoms with van der Waals surface area (Å²) in [6.07, 6.45) is 0.352. The van der Waals surface area contributed by atoms with Crippen molar-refractivity contribution in [3.05, 3.63) is 16.1 Å². The lowest BCUT2D eigenvalue weighted by Gasteiger charge is -2.18. The summed E-state index contributed by atoms with van der Waals surface area (Å²) in [6, 6.07) is -0.854. The normalized spacial score (nSPS) is 13.1. The number of carbonyl (C=O) groups is 2. The second kappa shape index (κ2) is 5.48. The van der Waals surface area contributed by atoms with Crippen LogP contribution in [0.2, 0.25) is 0 Å². The number of carboxylic acids is 1. The summed E-state index contributed by atoms with van der Waals surface area (Å²) in [5, 5.41) is 11.4. The van der Waals surface area contributed by atoms with E-state index in [1.807, 2.05) is 20.8 Å². The van der Waals surface area contributed by atoms with Crippen LogP contribution in [-0.2, 0) is 10.2 Å². The first kappa shape index (κ1) is 14.6. The molecule has 0 saturated carbocycles. The Labute approximate surface area is 110 Å². The summed E-state index contributed by atoms with van der Waals surface area (Å²) in [6.45, 7) is 7.62. The highest BCUT2D eigenvalue weighted by molar-refractivity contribution is 7.11. The molecule has 5 nitrogen and oxygen atoms in total. The summed E-state index contributed by atoms with van der Waals surface area (Å²) < 4.78 is 0. The van der Waals surface area contributed by atoms with Gasteiger partial charge in [0.15, 0.2) is 0 Å². The third kappa shape index (κ3) is 3.29. The predicted octanol–water partition coefficient (Wildman–Crippen LogP) is 2.03. The van der Waals surface area contributed by atoms with Gasteiger partial charge in [-0.3, -0.25) is 4.79 Å². The smallest absolute Gasteiger partial charge is 0.326 e. The molecule has 0 aliphatic carbocycles. The van der Waals surface area contributed by atoms with E-state index in [1.54, 1.807) is 12.4 Å². The molecule has 0 spiro atoms. The molecule has 0 bridgehead atoms. The molecule has 1 aromatic heterocycles. The van der Waals surface area contributed by atoms with Gasteiger partial charge in [0.25, 0.3) is 5.91 Å². The van der Waals surface area contributed by atoms with Crippen molar-refractivity contribution in [2.45, 2.75) is 45.6 Å². The molecule has 0 aliphatic heterocycles. The van der Waals surface area contributed by atoms with E-state index in [-0.39, 0.29) is 11.3 Å². The molecule has 6 heteroatoms. The first-order valence-corrected chi connectivity index (χ1v) is 6.63. The van der Waals surface area contributed by atoms with Gasteiger partial charge >= 0.3 is 5.97 Å². The largest absolute Gasteiger partial charge is 0.480 e. The molecule has 2 N–H and O–H groups in total. The molecule has 0 radical (unpaired) electrons. The molecule has 0 fully saturated rings. The highest BCUT2D eigenvalue weighted by Gasteiger charge is 2.27. The zero-order valence-electron chi connectivity index (χ0n) is 11.0. The molecule has 18 heavy (non-hydrogen) atoms. The molecular weight excluding hydrogens is 252 g/mol. The minimum Gasteiger partial charge on any atom is -0.480 e. The Bertz CT molecular complexity index is 448. The minimum absolute atomic E-state index is 0.238. The zero-order valence-corrected chi connectivity index (χ0v) is 11.8. The Morgan fingerprint density at radius 1 is 1.50 bits per heavy atom. The molecule has 1 rings (SSSR count). The van der Waals surface area contributed by atoms with Crippen molar-refractivity contribution in [1.29, 1.82) is 0 Å². The van der Waals surface area contributed by atoms with E-state index in [0.29, 0.717) is 17.0 Å². The summed E-state index contributed by atoms with van der Waals surface area (Å²) in [7, 11) is 0. The van der Waals surface area contributed by atoms with E-state index < -0.39 is 12.0 Å². The topological polar surface area (TPSA) is 79.3 Å². The van der Waals surface area contributed by atoms with Crippen molar-refractivity contribution >= 4 is 23.2 Å². The second-order valence-corrected chi connectivity index (χ2v) is 5.91. The monoisotopic (exact) mass is 270 g/mol.